The molecule has 2 rings (SSSR count). The zero-order chi connectivity index (χ0) is 17.5. The van der Waals surface area contributed by atoms with Gasteiger partial charge in [-0.25, -0.2) is 4.39 Å². The topological polar surface area (TPSA) is 38.3 Å². The normalized spacial score (nSPS) is 12.0. The Morgan fingerprint density at radius 2 is 1.83 bits per heavy atom. The second kappa shape index (κ2) is 8.63. The van der Waals surface area contributed by atoms with E-state index in [4.69, 9.17) is 0 Å². The number of para-hydroxylation sites is 1. The van der Waals surface area contributed by atoms with Crippen LogP contribution in [0.2, 0.25) is 0 Å². The third-order valence-corrected chi connectivity index (χ3v) is 4.22. The Bertz CT molecular complexity index is 697. The molecular weight excluding hydrogens is 339 g/mol. The van der Waals surface area contributed by atoms with Crippen molar-refractivity contribution in [3.05, 3.63) is 59.9 Å². The lowest BCUT2D eigenvalue weighted by molar-refractivity contribution is -0.119. The van der Waals surface area contributed by atoms with Crippen LogP contribution in [-0.4, -0.2) is 18.3 Å². The van der Waals surface area contributed by atoms with Crippen LogP contribution in [-0.2, 0) is 4.79 Å². The Hall–Kier alpha value is -2.15. The van der Waals surface area contributed by atoms with Crippen molar-refractivity contribution in [3.8, 4) is 5.75 Å². The van der Waals surface area contributed by atoms with Gasteiger partial charge in [0.2, 0.25) is 5.91 Å². The van der Waals surface area contributed by atoms with Crippen LogP contribution in [0.15, 0.2) is 53.4 Å². The fourth-order valence-electron chi connectivity index (χ4n) is 2.11. The highest BCUT2D eigenvalue weighted by Gasteiger charge is 2.16. The summed E-state index contributed by atoms with van der Waals surface area (Å²) in [4.78, 5) is 12.4. The zero-order valence-electron chi connectivity index (χ0n) is 12.8. The van der Waals surface area contributed by atoms with E-state index in [1.807, 2.05) is 0 Å². The molecule has 7 heteroatoms. The largest absolute Gasteiger partial charge is 0.434 e. The van der Waals surface area contributed by atoms with Gasteiger partial charge in [0.25, 0.3) is 0 Å². The molecule has 128 valence electrons. The van der Waals surface area contributed by atoms with Crippen LogP contribution in [0.1, 0.15) is 18.5 Å². The van der Waals surface area contributed by atoms with Gasteiger partial charge in [0.05, 0.1) is 11.8 Å². The van der Waals surface area contributed by atoms with Crippen molar-refractivity contribution in [3.63, 3.8) is 0 Å². The van der Waals surface area contributed by atoms with Crippen LogP contribution >= 0.6 is 11.8 Å². The quantitative estimate of drug-likeness (QED) is 0.749. The molecule has 3 nitrogen and oxygen atoms in total. The monoisotopic (exact) mass is 355 g/mol. The van der Waals surface area contributed by atoms with E-state index in [0.29, 0.717) is 10.5 Å². The van der Waals surface area contributed by atoms with Crippen molar-refractivity contribution in [2.24, 2.45) is 0 Å². The van der Waals surface area contributed by atoms with Crippen molar-refractivity contribution in [1.29, 1.82) is 0 Å². The van der Waals surface area contributed by atoms with Crippen LogP contribution in [0.25, 0.3) is 0 Å². The highest BCUT2D eigenvalue weighted by Crippen LogP contribution is 2.27. The smallest absolute Gasteiger partial charge is 0.387 e. The molecule has 0 aliphatic heterocycles. The number of rotatable bonds is 7. The molecular formula is C17H16F3NO2S. The number of hydrogen-bond donors (Lipinski definition) is 1. The van der Waals surface area contributed by atoms with Crippen LogP contribution in [0.3, 0.4) is 0 Å². The number of alkyl halides is 2. The molecule has 0 saturated heterocycles. The van der Waals surface area contributed by atoms with Gasteiger partial charge >= 0.3 is 6.61 Å². The van der Waals surface area contributed by atoms with Gasteiger partial charge < -0.3 is 10.1 Å². The Kier molecular flexibility index (Phi) is 6.54. The van der Waals surface area contributed by atoms with Gasteiger partial charge in [-0.05, 0) is 25.1 Å². The lowest BCUT2D eigenvalue weighted by Gasteiger charge is -2.18. The van der Waals surface area contributed by atoms with E-state index < -0.39 is 12.7 Å². The van der Waals surface area contributed by atoms with Gasteiger partial charge in [0.1, 0.15) is 11.6 Å². The number of ether oxygens (including phenoxy) is 1. The van der Waals surface area contributed by atoms with Crippen molar-refractivity contribution in [1.82, 2.24) is 5.32 Å². The molecule has 1 amide bonds. The lowest BCUT2D eigenvalue weighted by Crippen LogP contribution is -2.28. The average molecular weight is 355 g/mol. The van der Waals surface area contributed by atoms with Crippen LogP contribution in [0.4, 0.5) is 13.2 Å². The van der Waals surface area contributed by atoms with E-state index in [0.717, 1.165) is 11.8 Å². The molecule has 0 aliphatic carbocycles. The van der Waals surface area contributed by atoms with Gasteiger partial charge in [-0.3, -0.25) is 4.79 Å². The SMILES string of the molecule is CC(NC(=O)CSc1ccccc1F)c1ccccc1OC(F)F. The molecule has 0 heterocycles. The summed E-state index contributed by atoms with van der Waals surface area (Å²) in [6, 6.07) is 11.9. The van der Waals surface area contributed by atoms with Gasteiger partial charge in [0.15, 0.2) is 0 Å². The molecule has 24 heavy (non-hydrogen) atoms. The second-order valence-corrected chi connectivity index (χ2v) is 5.94. The maximum absolute atomic E-state index is 13.5. The first-order chi connectivity index (χ1) is 11.5. The zero-order valence-corrected chi connectivity index (χ0v) is 13.7. The van der Waals surface area contributed by atoms with Crippen molar-refractivity contribution in [2.45, 2.75) is 24.5 Å². The Balaban J connectivity index is 1.95. The average Bonchev–Trinajstić information content (AvgIpc) is 2.54. The highest BCUT2D eigenvalue weighted by atomic mass is 32.2. The second-order valence-electron chi connectivity index (χ2n) is 4.92. The molecule has 2 aromatic carbocycles. The van der Waals surface area contributed by atoms with Gasteiger partial charge in [-0.1, -0.05) is 30.3 Å². The number of hydrogen-bond acceptors (Lipinski definition) is 3. The summed E-state index contributed by atoms with van der Waals surface area (Å²) in [6.45, 7) is -1.27. The number of benzene rings is 2. The predicted octanol–water partition coefficient (Wildman–Crippen LogP) is 4.40. The highest BCUT2D eigenvalue weighted by molar-refractivity contribution is 8.00. The van der Waals surface area contributed by atoms with E-state index >= 15 is 0 Å². The van der Waals surface area contributed by atoms with E-state index in [-0.39, 0.29) is 23.2 Å². The molecule has 0 bridgehead atoms. The van der Waals surface area contributed by atoms with Crippen molar-refractivity contribution < 1.29 is 22.7 Å². The molecule has 1 atom stereocenters. The Morgan fingerprint density at radius 3 is 2.54 bits per heavy atom. The standard InChI is InChI=1S/C17H16F3NO2S/c1-11(12-6-2-4-8-14(12)23-17(19)20)21-16(22)10-24-15-9-5-3-7-13(15)18/h2-9,11,17H,10H2,1H3,(H,21,22). The summed E-state index contributed by atoms with van der Waals surface area (Å²) in [6.07, 6.45) is 0. The maximum Gasteiger partial charge on any atom is 0.387 e. The Labute approximate surface area is 142 Å². The number of halogens is 3. The van der Waals surface area contributed by atoms with Crippen LogP contribution < -0.4 is 10.1 Å². The third kappa shape index (κ3) is 5.19. The van der Waals surface area contributed by atoms with E-state index in [1.165, 1.54) is 12.1 Å². The van der Waals surface area contributed by atoms with Crippen LogP contribution in [0, 0.1) is 5.82 Å². The first-order valence-corrected chi connectivity index (χ1v) is 8.16. The number of amides is 1. The fraction of sp³-hybridized carbons (Fsp3) is 0.235. The molecule has 0 saturated carbocycles. The lowest BCUT2D eigenvalue weighted by atomic mass is 10.1. The third-order valence-electron chi connectivity index (χ3n) is 3.17. The Morgan fingerprint density at radius 1 is 1.17 bits per heavy atom. The minimum atomic E-state index is -2.94. The molecule has 0 fully saturated rings. The predicted molar refractivity (Wildman–Crippen MR) is 86.8 cm³/mol. The van der Waals surface area contributed by atoms with Gasteiger partial charge in [0, 0.05) is 10.5 Å². The van der Waals surface area contributed by atoms with Crippen molar-refractivity contribution in [2.75, 3.05) is 5.75 Å². The first-order valence-electron chi connectivity index (χ1n) is 7.18. The molecule has 0 aliphatic rings. The summed E-state index contributed by atoms with van der Waals surface area (Å²) in [5, 5.41) is 2.69. The number of nitrogens with one attached hydrogen (secondary N) is 1. The van der Waals surface area contributed by atoms with E-state index in [2.05, 4.69) is 10.1 Å². The molecule has 0 aromatic heterocycles. The molecule has 1 N–H and O–H groups in total. The molecule has 1 unspecified atom stereocenters. The number of carbonyl (C=O) groups excluding carboxylic acids is 1. The number of carbonyl (C=O) groups is 1. The molecule has 0 spiro atoms. The van der Waals surface area contributed by atoms with Crippen LogP contribution in [0.5, 0.6) is 5.75 Å². The minimum absolute atomic E-state index is 0.0158. The maximum atomic E-state index is 13.5. The summed E-state index contributed by atoms with van der Waals surface area (Å²) >= 11 is 1.07. The summed E-state index contributed by atoms with van der Waals surface area (Å²) in [5.41, 5.74) is 0.446. The summed E-state index contributed by atoms with van der Waals surface area (Å²) in [5.74, 6) is -0.688. The van der Waals surface area contributed by atoms with E-state index in [1.54, 1.807) is 43.3 Å². The first kappa shape index (κ1) is 18.2. The minimum Gasteiger partial charge on any atom is -0.434 e. The van der Waals surface area contributed by atoms with E-state index in [9.17, 15) is 18.0 Å². The summed E-state index contributed by atoms with van der Waals surface area (Å²) in [7, 11) is 0. The number of thioether (sulfide) groups is 1. The van der Waals surface area contributed by atoms with Crippen molar-refractivity contribution >= 4 is 17.7 Å². The molecule has 2 aromatic rings. The molecule has 0 radical (unpaired) electrons. The van der Waals surface area contributed by atoms with Gasteiger partial charge in [-0.15, -0.1) is 11.8 Å². The fourth-order valence-corrected chi connectivity index (χ4v) is 2.86. The summed E-state index contributed by atoms with van der Waals surface area (Å²) < 4.78 is 42.8. The van der Waals surface area contributed by atoms with Gasteiger partial charge in [-0.2, -0.15) is 8.78 Å².